The Morgan fingerprint density at radius 3 is 2.18 bits per heavy atom. The molecule has 0 radical (unpaired) electrons. The molecule has 0 aliphatic heterocycles. The number of carbonyl (C=O) groups is 2. The molecule has 5 rings (SSSR count). The minimum absolute atomic E-state index is 0.0378. The highest BCUT2D eigenvalue weighted by atomic mass is 16.2. The number of amides is 1. The molecule has 1 N–H and O–H groups in total. The molecule has 166 valence electrons. The fourth-order valence-electron chi connectivity index (χ4n) is 3.54. The molecule has 2 aromatic heterocycles. The van der Waals surface area contributed by atoms with Gasteiger partial charge in [0.05, 0.1) is 5.69 Å². The molecule has 1 amide bonds. The molecular formula is C26H20N6O2. The Labute approximate surface area is 195 Å². The highest BCUT2D eigenvalue weighted by Gasteiger charge is 2.19. The second-order valence-electron chi connectivity index (χ2n) is 7.59. The number of benzene rings is 3. The molecule has 0 unspecified atom stereocenters. The molecule has 0 spiro atoms. The van der Waals surface area contributed by atoms with Gasteiger partial charge in [-0.15, -0.1) is 5.10 Å². The zero-order valence-corrected chi connectivity index (χ0v) is 18.3. The molecule has 0 fully saturated rings. The third-order valence-electron chi connectivity index (χ3n) is 5.27. The van der Waals surface area contributed by atoms with E-state index in [1.54, 1.807) is 53.0 Å². The van der Waals surface area contributed by atoms with E-state index in [4.69, 9.17) is 0 Å². The lowest BCUT2D eigenvalue weighted by atomic mass is 10.1. The number of aryl methyl sites for hydroxylation is 1. The number of rotatable bonds is 6. The number of imidazole rings is 1. The van der Waals surface area contributed by atoms with Crippen LogP contribution in [0, 0.1) is 0 Å². The van der Waals surface area contributed by atoms with Crippen molar-refractivity contribution in [3.8, 4) is 17.1 Å². The van der Waals surface area contributed by atoms with Gasteiger partial charge in [-0.1, -0.05) is 48.5 Å². The molecule has 0 aliphatic rings. The summed E-state index contributed by atoms with van der Waals surface area (Å²) >= 11 is 0. The maximum Gasteiger partial charge on any atom is 0.295 e. The van der Waals surface area contributed by atoms with Gasteiger partial charge < -0.3 is 9.88 Å². The van der Waals surface area contributed by atoms with Crippen molar-refractivity contribution in [3.63, 3.8) is 0 Å². The van der Waals surface area contributed by atoms with Crippen LogP contribution in [0.1, 0.15) is 26.8 Å². The number of nitrogens with zero attached hydrogens (tertiary/aromatic N) is 5. The van der Waals surface area contributed by atoms with Crippen molar-refractivity contribution < 1.29 is 9.59 Å². The quantitative estimate of drug-likeness (QED) is 0.394. The lowest BCUT2D eigenvalue weighted by molar-refractivity contribution is 0.101. The molecule has 0 saturated heterocycles. The minimum Gasteiger partial charge on any atom is -0.331 e. The van der Waals surface area contributed by atoms with Crippen LogP contribution in [0.3, 0.4) is 0 Å². The second kappa shape index (κ2) is 8.95. The summed E-state index contributed by atoms with van der Waals surface area (Å²) in [5, 5.41) is 7.28. The summed E-state index contributed by atoms with van der Waals surface area (Å²) in [6, 6.07) is 25.7. The normalized spacial score (nSPS) is 10.7. The first-order chi connectivity index (χ1) is 16.6. The smallest absolute Gasteiger partial charge is 0.295 e. The van der Waals surface area contributed by atoms with Gasteiger partial charge in [-0.25, -0.2) is 14.6 Å². The molecule has 8 heteroatoms. The molecule has 0 saturated carbocycles. The predicted molar refractivity (Wildman–Crippen MR) is 128 cm³/mol. The Morgan fingerprint density at radius 1 is 0.853 bits per heavy atom. The number of aromatic nitrogens is 5. The van der Waals surface area contributed by atoms with E-state index in [-0.39, 0.29) is 11.6 Å². The maximum atomic E-state index is 13.0. The Balaban J connectivity index is 1.40. The fraction of sp³-hybridized carbons (Fsp3) is 0.0385. The first kappa shape index (κ1) is 21.0. The number of nitrogens with one attached hydrogen (secondary N) is 1. The van der Waals surface area contributed by atoms with E-state index < -0.39 is 5.91 Å². The Kier molecular flexibility index (Phi) is 5.53. The molecule has 34 heavy (non-hydrogen) atoms. The van der Waals surface area contributed by atoms with Crippen molar-refractivity contribution in [2.45, 2.75) is 0 Å². The van der Waals surface area contributed by atoms with Crippen LogP contribution in [0.5, 0.6) is 0 Å². The molecular weight excluding hydrogens is 428 g/mol. The SMILES string of the molecule is Cn1ccnc1C(=O)c1ccc(NC(=O)c2nc(-c3ccccc3)n(-c3ccccc3)n2)cc1. The van der Waals surface area contributed by atoms with Gasteiger partial charge in [0.25, 0.3) is 5.91 Å². The van der Waals surface area contributed by atoms with E-state index in [2.05, 4.69) is 20.4 Å². The van der Waals surface area contributed by atoms with E-state index >= 15 is 0 Å². The third-order valence-corrected chi connectivity index (χ3v) is 5.27. The first-order valence-corrected chi connectivity index (χ1v) is 10.6. The van der Waals surface area contributed by atoms with Crippen LogP contribution in [0.4, 0.5) is 5.69 Å². The van der Waals surface area contributed by atoms with Gasteiger partial charge in [0.1, 0.15) is 0 Å². The monoisotopic (exact) mass is 448 g/mol. The highest BCUT2D eigenvalue weighted by molar-refractivity contribution is 6.07. The van der Waals surface area contributed by atoms with Crippen molar-refractivity contribution in [1.29, 1.82) is 0 Å². The summed E-state index contributed by atoms with van der Waals surface area (Å²) in [4.78, 5) is 34.2. The van der Waals surface area contributed by atoms with Gasteiger partial charge in [-0.3, -0.25) is 9.59 Å². The summed E-state index contributed by atoms with van der Waals surface area (Å²) in [5.41, 5.74) is 2.64. The zero-order valence-electron chi connectivity index (χ0n) is 18.3. The maximum absolute atomic E-state index is 13.0. The molecule has 2 heterocycles. The molecule has 5 aromatic rings. The van der Waals surface area contributed by atoms with E-state index in [9.17, 15) is 9.59 Å². The molecule has 0 atom stereocenters. The van der Waals surface area contributed by atoms with E-state index in [0.717, 1.165) is 11.3 Å². The van der Waals surface area contributed by atoms with Crippen molar-refractivity contribution in [2.75, 3.05) is 5.32 Å². The van der Waals surface area contributed by atoms with Crippen molar-refractivity contribution >= 4 is 17.4 Å². The van der Waals surface area contributed by atoms with Crippen LogP contribution < -0.4 is 5.32 Å². The lowest BCUT2D eigenvalue weighted by Gasteiger charge is -2.05. The van der Waals surface area contributed by atoms with Crippen molar-refractivity contribution in [2.24, 2.45) is 7.05 Å². The Hall–Kier alpha value is -4.85. The average Bonchev–Trinajstić information content (AvgIpc) is 3.52. The number of hydrogen-bond acceptors (Lipinski definition) is 5. The highest BCUT2D eigenvalue weighted by Crippen LogP contribution is 2.21. The topological polar surface area (TPSA) is 94.7 Å². The Bertz CT molecular complexity index is 1400. The van der Waals surface area contributed by atoms with Gasteiger partial charge in [0, 0.05) is 36.3 Å². The number of carbonyl (C=O) groups excluding carboxylic acids is 2. The van der Waals surface area contributed by atoms with Crippen molar-refractivity contribution in [3.05, 3.63) is 115 Å². The van der Waals surface area contributed by atoms with Crippen LogP contribution in [-0.2, 0) is 7.05 Å². The van der Waals surface area contributed by atoms with E-state index in [1.165, 1.54) is 0 Å². The Morgan fingerprint density at radius 2 is 1.53 bits per heavy atom. The standard InChI is InChI=1S/C26H20N6O2/c1-31-17-16-27-25(31)22(33)18-12-14-20(15-13-18)28-26(34)23-29-24(19-8-4-2-5-9-19)32(30-23)21-10-6-3-7-11-21/h2-17H,1H3,(H,28,34). The van der Waals surface area contributed by atoms with Crippen LogP contribution in [0.2, 0.25) is 0 Å². The van der Waals surface area contributed by atoms with Crippen LogP contribution >= 0.6 is 0 Å². The van der Waals surface area contributed by atoms with Crippen LogP contribution in [-0.4, -0.2) is 36.0 Å². The fourth-order valence-corrected chi connectivity index (χ4v) is 3.54. The number of ketones is 1. The first-order valence-electron chi connectivity index (χ1n) is 10.6. The van der Waals surface area contributed by atoms with Crippen molar-refractivity contribution in [1.82, 2.24) is 24.3 Å². The predicted octanol–water partition coefficient (Wildman–Crippen LogP) is 4.15. The summed E-state index contributed by atoms with van der Waals surface area (Å²) in [5.74, 6) is 0.306. The van der Waals surface area contributed by atoms with Gasteiger partial charge in [-0.2, -0.15) is 0 Å². The largest absolute Gasteiger partial charge is 0.331 e. The zero-order chi connectivity index (χ0) is 23.5. The number of anilines is 1. The van der Waals surface area contributed by atoms with Crippen LogP contribution in [0.15, 0.2) is 97.3 Å². The van der Waals surface area contributed by atoms with Gasteiger partial charge in [-0.05, 0) is 36.4 Å². The third kappa shape index (κ3) is 4.12. The summed E-state index contributed by atoms with van der Waals surface area (Å²) in [6.07, 6.45) is 3.29. The minimum atomic E-state index is -0.449. The molecule has 8 nitrogen and oxygen atoms in total. The average molecular weight is 448 g/mol. The summed E-state index contributed by atoms with van der Waals surface area (Å²) in [6.45, 7) is 0. The van der Waals surface area contributed by atoms with E-state index in [1.807, 2.05) is 60.7 Å². The van der Waals surface area contributed by atoms with Gasteiger partial charge in [0.15, 0.2) is 11.6 Å². The second-order valence-corrected chi connectivity index (χ2v) is 7.59. The molecule has 0 bridgehead atoms. The lowest BCUT2D eigenvalue weighted by Crippen LogP contribution is -2.14. The number of para-hydroxylation sites is 1. The summed E-state index contributed by atoms with van der Waals surface area (Å²) < 4.78 is 3.32. The molecule has 3 aromatic carbocycles. The number of hydrogen-bond donors (Lipinski definition) is 1. The molecule has 0 aliphatic carbocycles. The van der Waals surface area contributed by atoms with Gasteiger partial charge >= 0.3 is 0 Å². The van der Waals surface area contributed by atoms with Gasteiger partial charge in [0.2, 0.25) is 11.6 Å². The van der Waals surface area contributed by atoms with E-state index in [0.29, 0.717) is 22.9 Å². The van der Waals surface area contributed by atoms with Crippen LogP contribution in [0.25, 0.3) is 17.1 Å². The summed E-state index contributed by atoms with van der Waals surface area (Å²) in [7, 11) is 1.76.